The molecule has 176 valence electrons. The van der Waals surface area contributed by atoms with Crippen LogP contribution in [0.2, 0.25) is 0 Å². The van der Waals surface area contributed by atoms with Crippen LogP contribution in [0.5, 0.6) is 0 Å². The Morgan fingerprint density at radius 2 is 1.76 bits per heavy atom. The van der Waals surface area contributed by atoms with Gasteiger partial charge in [-0.15, -0.1) is 0 Å². The van der Waals surface area contributed by atoms with Gasteiger partial charge in [-0.2, -0.15) is 4.31 Å². The number of nitrogens with zero attached hydrogens (tertiary/aromatic N) is 5. The molecule has 1 N–H and O–H groups in total. The number of aromatic nitrogens is 4. The van der Waals surface area contributed by atoms with Gasteiger partial charge in [-0.1, -0.05) is 12.1 Å². The molecule has 0 aliphatic carbocycles. The van der Waals surface area contributed by atoms with E-state index in [2.05, 4.69) is 10.3 Å². The van der Waals surface area contributed by atoms with Gasteiger partial charge in [0.1, 0.15) is 6.54 Å². The molecule has 3 heterocycles. The molecule has 1 aliphatic heterocycles. The van der Waals surface area contributed by atoms with E-state index in [1.807, 2.05) is 0 Å². The minimum Gasteiger partial charge on any atom is -0.379 e. The second-order valence-electron chi connectivity index (χ2n) is 7.69. The lowest BCUT2D eigenvalue weighted by Gasteiger charge is -2.26. The highest BCUT2D eigenvalue weighted by Gasteiger charge is 2.26. The summed E-state index contributed by atoms with van der Waals surface area (Å²) in [5, 5.41) is 2.74. The van der Waals surface area contributed by atoms with Crippen molar-refractivity contribution in [2.45, 2.75) is 18.0 Å². The number of carbonyl (C=O) groups is 1. The predicted molar refractivity (Wildman–Crippen MR) is 118 cm³/mol. The zero-order valence-corrected chi connectivity index (χ0v) is 19.0. The molecule has 1 saturated heterocycles. The van der Waals surface area contributed by atoms with Gasteiger partial charge in [0.2, 0.25) is 15.9 Å². The molecule has 0 bridgehead atoms. The second-order valence-corrected chi connectivity index (χ2v) is 9.63. The minimum atomic E-state index is -3.58. The first-order valence-electron chi connectivity index (χ1n) is 10.2. The molecular weight excluding hydrogens is 452 g/mol. The van der Waals surface area contributed by atoms with Gasteiger partial charge >= 0.3 is 5.69 Å². The molecule has 1 amide bonds. The summed E-state index contributed by atoms with van der Waals surface area (Å²) in [7, 11) is -0.710. The Morgan fingerprint density at radius 1 is 1.09 bits per heavy atom. The predicted octanol–water partition coefficient (Wildman–Crippen LogP) is -1.23. The van der Waals surface area contributed by atoms with Gasteiger partial charge in [0, 0.05) is 33.7 Å². The maximum absolute atomic E-state index is 12.7. The maximum atomic E-state index is 12.7. The first-order chi connectivity index (χ1) is 15.7. The lowest BCUT2D eigenvalue weighted by molar-refractivity contribution is -0.121. The highest BCUT2D eigenvalue weighted by molar-refractivity contribution is 7.89. The fourth-order valence-corrected chi connectivity index (χ4v) is 5.05. The van der Waals surface area contributed by atoms with Gasteiger partial charge in [-0.05, 0) is 17.7 Å². The fourth-order valence-electron chi connectivity index (χ4n) is 3.64. The third-order valence-corrected chi connectivity index (χ3v) is 7.46. The number of carbonyl (C=O) groups excluding carboxylic acids is 1. The lowest BCUT2D eigenvalue weighted by atomic mass is 10.2. The number of nitrogens with one attached hydrogen (secondary N) is 1. The van der Waals surface area contributed by atoms with Crippen molar-refractivity contribution in [3.8, 4) is 0 Å². The van der Waals surface area contributed by atoms with Crippen molar-refractivity contribution in [2.75, 3.05) is 26.3 Å². The molecule has 4 rings (SSSR count). The molecule has 0 atom stereocenters. The zero-order valence-electron chi connectivity index (χ0n) is 18.2. The van der Waals surface area contributed by atoms with Crippen molar-refractivity contribution in [1.29, 1.82) is 0 Å². The number of benzene rings is 1. The summed E-state index contributed by atoms with van der Waals surface area (Å²) in [5.41, 5.74) is 0.0511. The number of ether oxygens (including phenoxy) is 1. The number of sulfonamides is 1. The molecule has 33 heavy (non-hydrogen) atoms. The van der Waals surface area contributed by atoms with E-state index in [-0.39, 0.29) is 35.1 Å². The number of aryl methyl sites for hydroxylation is 1. The molecule has 1 aromatic carbocycles. The number of imidazole rings is 1. The van der Waals surface area contributed by atoms with E-state index in [0.29, 0.717) is 26.3 Å². The normalized spacial score (nSPS) is 15.1. The zero-order chi connectivity index (χ0) is 23.8. The summed E-state index contributed by atoms with van der Waals surface area (Å²) in [5.74, 6) is -0.366. The van der Waals surface area contributed by atoms with Gasteiger partial charge in [0.05, 0.1) is 24.4 Å². The highest BCUT2D eigenvalue weighted by Crippen LogP contribution is 2.17. The Hall–Kier alpha value is -3.29. The van der Waals surface area contributed by atoms with Crippen molar-refractivity contribution in [3.63, 3.8) is 0 Å². The third-order valence-electron chi connectivity index (χ3n) is 5.55. The SMILES string of the molecule is Cn1c(=O)c2c(ncn2CC(=O)NCc2ccc(S(=O)(=O)N3CCOCC3)cc2)n(C)c1=O. The summed E-state index contributed by atoms with van der Waals surface area (Å²) in [6.45, 7) is 1.41. The van der Waals surface area contributed by atoms with Crippen molar-refractivity contribution in [2.24, 2.45) is 14.1 Å². The Labute approximate surface area is 189 Å². The van der Waals surface area contributed by atoms with Crippen LogP contribution in [0.15, 0.2) is 45.1 Å². The number of rotatable bonds is 6. The quantitative estimate of drug-likeness (QED) is 0.470. The van der Waals surface area contributed by atoms with Crippen LogP contribution in [0.4, 0.5) is 0 Å². The van der Waals surface area contributed by atoms with Crippen LogP contribution in [-0.2, 0) is 46.7 Å². The average molecular weight is 477 g/mol. The summed E-state index contributed by atoms with van der Waals surface area (Å²) >= 11 is 0. The third kappa shape index (κ3) is 4.34. The number of fused-ring (bicyclic) bond motifs is 1. The monoisotopic (exact) mass is 476 g/mol. The summed E-state index contributed by atoms with van der Waals surface area (Å²) in [6, 6.07) is 6.32. The first-order valence-corrected chi connectivity index (χ1v) is 11.7. The highest BCUT2D eigenvalue weighted by atomic mass is 32.2. The Bertz CT molecular complexity index is 1410. The average Bonchev–Trinajstić information content (AvgIpc) is 3.24. The van der Waals surface area contributed by atoms with Gasteiger partial charge in [0.25, 0.3) is 5.56 Å². The smallest absolute Gasteiger partial charge is 0.332 e. The van der Waals surface area contributed by atoms with E-state index >= 15 is 0 Å². The maximum Gasteiger partial charge on any atom is 0.332 e. The van der Waals surface area contributed by atoms with Crippen LogP contribution in [0, 0.1) is 0 Å². The summed E-state index contributed by atoms with van der Waals surface area (Å²) in [6.07, 6.45) is 1.34. The summed E-state index contributed by atoms with van der Waals surface area (Å²) < 4.78 is 35.6. The molecule has 13 heteroatoms. The topological polar surface area (TPSA) is 138 Å². The van der Waals surface area contributed by atoms with E-state index in [4.69, 9.17) is 4.74 Å². The second kappa shape index (κ2) is 8.92. The number of morpholine rings is 1. The molecule has 2 aromatic heterocycles. The van der Waals surface area contributed by atoms with Crippen LogP contribution in [0.3, 0.4) is 0 Å². The summed E-state index contributed by atoms with van der Waals surface area (Å²) in [4.78, 5) is 41.2. The van der Waals surface area contributed by atoms with Gasteiger partial charge in [-0.3, -0.25) is 18.7 Å². The van der Waals surface area contributed by atoms with E-state index in [1.165, 1.54) is 46.0 Å². The number of hydrogen-bond acceptors (Lipinski definition) is 7. The Balaban J connectivity index is 1.43. The van der Waals surface area contributed by atoms with E-state index in [9.17, 15) is 22.8 Å². The Kier molecular flexibility index (Phi) is 6.19. The van der Waals surface area contributed by atoms with Gasteiger partial charge in [0.15, 0.2) is 11.2 Å². The molecule has 0 spiro atoms. The molecule has 3 aromatic rings. The molecule has 0 unspecified atom stereocenters. The van der Waals surface area contributed by atoms with Crippen LogP contribution < -0.4 is 16.6 Å². The molecule has 1 aliphatic rings. The molecule has 12 nitrogen and oxygen atoms in total. The van der Waals surface area contributed by atoms with Crippen LogP contribution in [0.1, 0.15) is 5.56 Å². The van der Waals surface area contributed by atoms with E-state index in [1.54, 1.807) is 12.1 Å². The number of amides is 1. The van der Waals surface area contributed by atoms with Crippen molar-refractivity contribution >= 4 is 27.1 Å². The van der Waals surface area contributed by atoms with Gasteiger partial charge < -0.3 is 14.6 Å². The molecular formula is C20H24N6O6S. The van der Waals surface area contributed by atoms with Crippen LogP contribution >= 0.6 is 0 Å². The van der Waals surface area contributed by atoms with Crippen LogP contribution in [-0.4, -0.2) is 63.6 Å². The minimum absolute atomic E-state index is 0.159. The lowest BCUT2D eigenvalue weighted by Crippen LogP contribution is -2.40. The Morgan fingerprint density at radius 3 is 2.42 bits per heavy atom. The van der Waals surface area contributed by atoms with Gasteiger partial charge in [-0.25, -0.2) is 18.2 Å². The number of hydrogen-bond donors (Lipinski definition) is 1. The van der Waals surface area contributed by atoms with Crippen LogP contribution in [0.25, 0.3) is 11.2 Å². The van der Waals surface area contributed by atoms with Crippen molar-refractivity contribution in [3.05, 3.63) is 57.0 Å². The van der Waals surface area contributed by atoms with E-state index in [0.717, 1.165) is 10.1 Å². The molecule has 0 saturated carbocycles. The standard InChI is InChI=1S/C20H24N6O6S/c1-23-18-17(19(28)24(2)20(23)29)25(13-22-18)12-16(27)21-11-14-3-5-15(6-4-14)33(30,31)26-7-9-32-10-8-26/h3-6,13H,7-12H2,1-2H3,(H,21,27). The molecule has 0 radical (unpaired) electrons. The first kappa shape index (κ1) is 22.9. The van der Waals surface area contributed by atoms with Crippen molar-refractivity contribution < 1.29 is 17.9 Å². The largest absolute Gasteiger partial charge is 0.379 e. The molecule has 1 fully saturated rings. The fraction of sp³-hybridized carbons (Fsp3) is 0.400. The van der Waals surface area contributed by atoms with Crippen molar-refractivity contribution in [1.82, 2.24) is 28.3 Å². The van der Waals surface area contributed by atoms with E-state index < -0.39 is 21.3 Å².